The van der Waals surface area contributed by atoms with Crippen molar-refractivity contribution >= 4 is 17.3 Å². The summed E-state index contributed by atoms with van der Waals surface area (Å²) in [5.74, 6) is 0.806. The van der Waals surface area contributed by atoms with Gasteiger partial charge >= 0.3 is 0 Å². The zero-order chi connectivity index (χ0) is 12.4. The van der Waals surface area contributed by atoms with E-state index in [4.69, 9.17) is 16.8 Å². The Morgan fingerprint density at radius 1 is 1.35 bits per heavy atom. The number of nitrogens with zero attached hydrogens (tertiary/aromatic N) is 3. The van der Waals surface area contributed by atoms with E-state index in [0.717, 1.165) is 17.0 Å². The van der Waals surface area contributed by atoms with Crippen molar-refractivity contribution in [3.63, 3.8) is 0 Å². The van der Waals surface area contributed by atoms with Gasteiger partial charge in [0.1, 0.15) is 11.0 Å². The Hall–Kier alpha value is -1.81. The summed E-state index contributed by atoms with van der Waals surface area (Å²) in [6, 6.07) is 7.60. The quantitative estimate of drug-likeness (QED) is 0.505. The third-order valence-corrected chi connectivity index (χ3v) is 2.74. The van der Waals surface area contributed by atoms with Gasteiger partial charge in [0.2, 0.25) is 0 Å². The number of oxime groups is 1. The van der Waals surface area contributed by atoms with E-state index in [-0.39, 0.29) is 0 Å². The summed E-state index contributed by atoms with van der Waals surface area (Å²) in [5.41, 5.74) is 2.42. The summed E-state index contributed by atoms with van der Waals surface area (Å²) in [6.45, 7) is 1.74. The molecular weight excluding hydrogens is 238 g/mol. The number of rotatable bonds is 2. The van der Waals surface area contributed by atoms with Crippen LogP contribution in [0, 0.1) is 0 Å². The molecule has 0 saturated carbocycles. The van der Waals surface area contributed by atoms with Crippen molar-refractivity contribution in [3.05, 3.63) is 41.2 Å². The van der Waals surface area contributed by atoms with Gasteiger partial charge in [-0.15, -0.1) is 0 Å². The molecule has 0 radical (unpaired) electrons. The molecule has 1 heterocycles. The molecule has 2 aromatic rings. The van der Waals surface area contributed by atoms with Gasteiger partial charge in [0, 0.05) is 18.8 Å². The molecule has 0 saturated heterocycles. The van der Waals surface area contributed by atoms with E-state index in [0.29, 0.717) is 10.9 Å². The molecule has 2 rings (SSSR count). The lowest BCUT2D eigenvalue weighted by molar-refractivity contribution is 0.319. The number of aryl methyl sites for hydroxylation is 1. The summed E-state index contributed by atoms with van der Waals surface area (Å²) < 4.78 is 1.87. The Bertz CT molecular complexity index is 558. The van der Waals surface area contributed by atoms with Crippen LogP contribution in [0.1, 0.15) is 12.5 Å². The number of benzene rings is 1. The van der Waals surface area contributed by atoms with Crippen molar-refractivity contribution in [3.8, 4) is 11.4 Å². The monoisotopic (exact) mass is 249 g/mol. The third kappa shape index (κ3) is 2.31. The smallest absolute Gasteiger partial charge is 0.147 e. The summed E-state index contributed by atoms with van der Waals surface area (Å²) >= 11 is 5.84. The van der Waals surface area contributed by atoms with Crippen molar-refractivity contribution in [2.24, 2.45) is 12.2 Å². The molecule has 0 aliphatic rings. The Labute approximate surface area is 104 Å². The predicted octanol–water partition coefficient (Wildman–Crippen LogP) is 2.94. The minimum absolute atomic E-state index is 0.472. The highest BCUT2D eigenvalue weighted by Crippen LogP contribution is 2.20. The SMILES string of the molecule is C/C(=N/O)c1ccc(-c2nc(Cl)cn2C)cc1. The first-order valence-corrected chi connectivity index (χ1v) is 5.48. The van der Waals surface area contributed by atoms with Gasteiger partial charge < -0.3 is 9.77 Å². The second kappa shape index (κ2) is 4.59. The van der Waals surface area contributed by atoms with Crippen LogP contribution in [0.4, 0.5) is 0 Å². The maximum absolute atomic E-state index is 8.68. The summed E-state index contributed by atoms with van der Waals surface area (Å²) in [4.78, 5) is 4.22. The standard InChI is InChI=1S/C12H12ClN3O/c1-8(15-17)9-3-5-10(6-4-9)12-14-11(13)7-16(12)2/h3-7,17H,1-2H3/b15-8-. The molecule has 0 amide bonds. The lowest BCUT2D eigenvalue weighted by Crippen LogP contribution is -1.95. The summed E-state index contributed by atoms with van der Waals surface area (Å²) in [6.07, 6.45) is 1.76. The van der Waals surface area contributed by atoms with E-state index in [2.05, 4.69) is 10.1 Å². The Balaban J connectivity index is 2.39. The number of imidazole rings is 1. The van der Waals surface area contributed by atoms with Gasteiger partial charge in [-0.2, -0.15) is 0 Å². The number of hydrogen-bond donors (Lipinski definition) is 1. The van der Waals surface area contributed by atoms with Gasteiger partial charge in [-0.1, -0.05) is 41.0 Å². The lowest BCUT2D eigenvalue weighted by Gasteiger charge is -2.03. The maximum atomic E-state index is 8.68. The second-order valence-corrected chi connectivity index (χ2v) is 4.15. The molecular formula is C12H12ClN3O. The van der Waals surface area contributed by atoms with E-state index >= 15 is 0 Å². The molecule has 1 N–H and O–H groups in total. The maximum Gasteiger partial charge on any atom is 0.147 e. The molecule has 88 valence electrons. The molecule has 0 aliphatic heterocycles. The zero-order valence-electron chi connectivity index (χ0n) is 9.55. The van der Waals surface area contributed by atoms with Gasteiger partial charge in [-0.25, -0.2) is 4.98 Å². The van der Waals surface area contributed by atoms with Gasteiger partial charge in [-0.3, -0.25) is 0 Å². The molecule has 1 aromatic carbocycles. The number of halogens is 1. The van der Waals surface area contributed by atoms with Gasteiger partial charge in [0.15, 0.2) is 0 Å². The highest BCUT2D eigenvalue weighted by Gasteiger charge is 2.06. The van der Waals surface area contributed by atoms with Gasteiger partial charge in [0.25, 0.3) is 0 Å². The van der Waals surface area contributed by atoms with E-state index < -0.39 is 0 Å². The number of aromatic nitrogens is 2. The minimum atomic E-state index is 0.472. The molecule has 0 spiro atoms. The molecule has 17 heavy (non-hydrogen) atoms. The first-order chi connectivity index (χ1) is 8.11. The Kier molecular flexibility index (Phi) is 3.15. The highest BCUT2D eigenvalue weighted by molar-refractivity contribution is 6.29. The predicted molar refractivity (Wildman–Crippen MR) is 67.7 cm³/mol. The molecule has 0 fully saturated rings. The average molecular weight is 250 g/mol. The van der Waals surface area contributed by atoms with Crippen molar-refractivity contribution < 1.29 is 5.21 Å². The summed E-state index contributed by atoms with van der Waals surface area (Å²) in [5, 5.41) is 12.3. The normalized spacial score (nSPS) is 11.8. The van der Waals surface area contributed by atoms with Crippen molar-refractivity contribution in [1.82, 2.24) is 9.55 Å². The topological polar surface area (TPSA) is 50.4 Å². The largest absolute Gasteiger partial charge is 0.411 e. The number of hydrogen-bond acceptors (Lipinski definition) is 3. The molecule has 4 nitrogen and oxygen atoms in total. The highest BCUT2D eigenvalue weighted by atomic mass is 35.5. The Morgan fingerprint density at radius 3 is 2.47 bits per heavy atom. The average Bonchev–Trinajstić information content (AvgIpc) is 2.68. The van der Waals surface area contributed by atoms with E-state index in [9.17, 15) is 0 Å². The van der Waals surface area contributed by atoms with Crippen LogP contribution in [-0.4, -0.2) is 20.5 Å². The van der Waals surface area contributed by atoms with E-state index in [1.165, 1.54) is 0 Å². The lowest BCUT2D eigenvalue weighted by atomic mass is 10.1. The first-order valence-electron chi connectivity index (χ1n) is 5.10. The van der Waals surface area contributed by atoms with Crippen LogP contribution in [0.25, 0.3) is 11.4 Å². The fourth-order valence-electron chi connectivity index (χ4n) is 1.62. The van der Waals surface area contributed by atoms with Crippen LogP contribution in [0.15, 0.2) is 35.6 Å². The van der Waals surface area contributed by atoms with E-state index in [1.54, 1.807) is 13.1 Å². The van der Waals surface area contributed by atoms with Crippen LogP contribution in [0.5, 0.6) is 0 Å². The summed E-state index contributed by atoms with van der Waals surface area (Å²) in [7, 11) is 1.89. The Morgan fingerprint density at radius 2 is 2.00 bits per heavy atom. The molecule has 5 heteroatoms. The molecule has 1 aromatic heterocycles. The molecule has 0 unspecified atom stereocenters. The first kappa shape index (κ1) is 11.7. The van der Waals surface area contributed by atoms with Crippen molar-refractivity contribution in [2.45, 2.75) is 6.92 Å². The molecule has 0 bridgehead atoms. The van der Waals surface area contributed by atoms with Crippen LogP contribution in [0.3, 0.4) is 0 Å². The van der Waals surface area contributed by atoms with Crippen molar-refractivity contribution in [1.29, 1.82) is 0 Å². The van der Waals surface area contributed by atoms with E-state index in [1.807, 2.05) is 35.9 Å². The van der Waals surface area contributed by atoms with Crippen LogP contribution < -0.4 is 0 Å². The molecule has 0 aliphatic carbocycles. The van der Waals surface area contributed by atoms with Crippen LogP contribution in [-0.2, 0) is 7.05 Å². The minimum Gasteiger partial charge on any atom is -0.411 e. The second-order valence-electron chi connectivity index (χ2n) is 3.76. The third-order valence-electron chi connectivity index (χ3n) is 2.56. The zero-order valence-corrected chi connectivity index (χ0v) is 10.3. The fraction of sp³-hybridized carbons (Fsp3) is 0.167. The van der Waals surface area contributed by atoms with Crippen LogP contribution in [0.2, 0.25) is 5.15 Å². The molecule has 0 atom stereocenters. The van der Waals surface area contributed by atoms with Crippen molar-refractivity contribution in [2.75, 3.05) is 0 Å². The fourth-order valence-corrected chi connectivity index (χ4v) is 1.84. The van der Waals surface area contributed by atoms with Gasteiger partial charge in [-0.05, 0) is 12.5 Å². The van der Waals surface area contributed by atoms with Gasteiger partial charge in [0.05, 0.1) is 5.71 Å². The van der Waals surface area contributed by atoms with Crippen LogP contribution >= 0.6 is 11.6 Å².